The highest BCUT2D eigenvalue weighted by Crippen LogP contribution is 2.10. The molecule has 0 saturated heterocycles. The first kappa shape index (κ1) is 21.5. The summed E-state index contributed by atoms with van der Waals surface area (Å²) in [5.74, 6) is -1.30. The van der Waals surface area contributed by atoms with Crippen LogP contribution in [0.2, 0.25) is 0 Å². The largest absolute Gasteiger partial charge is 0.480 e. The van der Waals surface area contributed by atoms with Gasteiger partial charge in [-0.15, -0.1) is 0 Å². The van der Waals surface area contributed by atoms with E-state index in [0.29, 0.717) is 18.5 Å². The van der Waals surface area contributed by atoms with Crippen LogP contribution in [0.4, 0.5) is 10.5 Å². The Morgan fingerprint density at radius 3 is 1.92 bits per heavy atom. The summed E-state index contributed by atoms with van der Waals surface area (Å²) in [7, 11) is 0. The Bertz CT molecular complexity index is 602. The van der Waals surface area contributed by atoms with E-state index in [0.717, 1.165) is 0 Å². The number of aliphatic carboxylic acids is 1. The van der Waals surface area contributed by atoms with Crippen LogP contribution in [0.1, 0.15) is 40.5 Å². The highest BCUT2D eigenvalue weighted by molar-refractivity contribution is 5.94. The van der Waals surface area contributed by atoms with Crippen LogP contribution in [0.5, 0.6) is 0 Å². The number of nitrogens with one attached hydrogen (secondary N) is 3. The van der Waals surface area contributed by atoms with Crippen molar-refractivity contribution in [1.29, 1.82) is 0 Å². The zero-order valence-corrected chi connectivity index (χ0v) is 15.8. The van der Waals surface area contributed by atoms with E-state index in [1.165, 1.54) is 0 Å². The van der Waals surface area contributed by atoms with Gasteiger partial charge in [-0.05, 0) is 36.8 Å². The molecule has 0 aliphatic heterocycles. The zero-order chi connectivity index (χ0) is 19.7. The molecule has 4 N–H and O–H groups in total. The van der Waals surface area contributed by atoms with Crippen molar-refractivity contribution >= 4 is 23.6 Å². The quantitative estimate of drug-likeness (QED) is 0.541. The summed E-state index contributed by atoms with van der Waals surface area (Å²) < 4.78 is 0. The van der Waals surface area contributed by atoms with Gasteiger partial charge in [0, 0.05) is 5.69 Å². The molecular formula is C19H29N3O4. The van der Waals surface area contributed by atoms with Crippen LogP contribution in [0.25, 0.3) is 0 Å². The number of hydrogen-bond donors (Lipinski definition) is 4. The van der Waals surface area contributed by atoms with Crippen LogP contribution < -0.4 is 16.0 Å². The summed E-state index contributed by atoms with van der Waals surface area (Å²) in [6.07, 6.45) is 0.730. The van der Waals surface area contributed by atoms with Gasteiger partial charge in [0.25, 0.3) is 0 Å². The molecule has 3 amide bonds. The second-order valence-electron chi connectivity index (χ2n) is 7.18. The molecule has 26 heavy (non-hydrogen) atoms. The van der Waals surface area contributed by atoms with Gasteiger partial charge >= 0.3 is 12.0 Å². The molecule has 0 spiro atoms. The molecule has 0 fully saturated rings. The Labute approximate surface area is 154 Å². The lowest BCUT2D eigenvalue weighted by atomic mass is 10.0. The Morgan fingerprint density at radius 2 is 1.42 bits per heavy atom. The van der Waals surface area contributed by atoms with E-state index < -0.39 is 30.0 Å². The molecule has 0 saturated carbocycles. The smallest absolute Gasteiger partial charge is 0.326 e. The predicted molar refractivity (Wildman–Crippen MR) is 101 cm³/mol. The first-order valence-corrected chi connectivity index (χ1v) is 8.84. The summed E-state index contributed by atoms with van der Waals surface area (Å²) in [4.78, 5) is 36.1. The number of amides is 3. The molecule has 0 heterocycles. The molecule has 1 aromatic rings. The molecule has 0 radical (unpaired) electrons. The minimum Gasteiger partial charge on any atom is -0.480 e. The third-order valence-corrected chi connectivity index (χ3v) is 3.68. The lowest BCUT2D eigenvalue weighted by molar-refractivity contribution is -0.142. The number of carbonyl (C=O) groups is 3. The summed E-state index contributed by atoms with van der Waals surface area (Å²) in [5.41, 5.74) is 0.608. The topological polar surface area (TPSA) is 108 Å². The number of urea groups is 1. The van der Waals surface area contributed by atoms with E-state index in [-0.39, 0.29) is 11.8 Å². The number of carbonyl (C=O) groups excluding carboxylic acids is 2. The van der Waals surface area contributed by atoms with Gasteiger partial charge in [-0.1, -0.05) is 45.9 Å². The van der Waals surface area contributed by atoms with Gasteiger partial charge in [0.2, 0.25) is 5.91 Å². The van der Waals surface area contributed by atoms with E-state index in [9.17, 15) is 19.5 Å². The van der Waals surface area contributed by atoms with Crippen LogP contribution in [-0.2, 0) is 9.59 Å². The van der Waals surface area contributed by atoms with E-state index in [1.54, 1.807) is 24.3 Å². The maximum Gasteiger partial charge on any atom is 0.326 e. The Hall–Kier alpha value is -2.57. The van der Waals surface area contributed by atoms with Crippen molar-refractivity contribution in [3.05, 3.63) is 30.3 Å². The van der Waals surface area contributed by atoms with Gasteiger partial charge in [0.15, 0.2) is 0 Å². The molecule has 7 heteroatoms. The van der Waals surface area contributed by atoms with Crippen molar-refractivity contribution < 1.29 is 19.5 Å². The third kappa shape index (κ3) is 8.00. The van der Waals surface area contributed by atoms with Gasteiger partial charge in [-0.2, -0.15) is 0 Å². The molecule has 1 aromatic carbocycles. The first-order chi connectivity index (χ1) is 12.2. The molecular weight excluding hydrogens is 334 g/mol. The number of benzene rings is 1. The minimum atomic E-state index is -1.08. The normalized spacial score (nSPS) is 13.2. The lowest BCUT2D eigenvalue weighted by Gasteiger charge is -2.23. The van der Waals surface area contributed by atoms with Crippen molar-refractivity contribution in [3.63, 3.8) is 0 Å². The molecule has 0 bridgehead atoms. The van der Waals surface area contributed by atoms with Crippen LogP contribution in [-0.4, -0.2) is 35.1 Å². The van der Waals surface area contributed by atoms with E-state index >= 15 is 0 Å². The van der Waals surface area contributed by atoms with Crippen LogP contribution in [0, 0.1) is 11.8 Å². The van der Waals surface area contributed by atoms with Crippen molar-refractivity contribution in [2.24, 2.45) is 11.8 Å². The second-order valence-corrected chi connectivity index (χ2v) is 7.18. The van der Waals surface area contributed by atoms with E-state index in [4.69, 9.17) is 0 Å². The molecule has 0 aromatic heterocycles. The Morgan fingerprint density at radius 1 is 0.885 bits per heavy atom. The number of carboxylic acid groups (broad SMARTS) is 1. The monoisotopic (exact) mass is 363 g/mol. The SMILES string of the molecule is CC(C)C[C@@H](NC(=O)[C@@H](CC(C)C)NC(=O)Nc1ccccc1)C(=O)O. The summed E-state index contributed by atoms with van der Waals surface area (Å²) in [5, 5.41) is 17.1. The van der Waals surface area contributed by atoms with Gasteiger partial charge in [-0.25, -0.2) is 9.59 Å². The summed E-state index contributed by atoms with van der Waals surface area (Å²) in [6, 6.07) is 6.59. The van der Waals surface area contributed by atoms with Crippen LogP contribution in [0.3, 0.4) is 0 Å². The summed E-state index contributed by atoms with van der Waals surface area (Å²) >= 11 is 0. The van der Waals surface area contributed by atoms with E-state index in [1.807, 2.05) is 33.8 Å². The predicted octanol–water partition coefficient (Wildman–Crippen LogP) is 2.84. The maximum absolute atomic E-state index is 12.5. The maximum atomic E-state index is 12.5. The molecule has 0 aliphatic carbocycles. The van der Waals surface area contributed by atoms with Crippen LogP contribution in [0.15, 0.2) is 30.3 Å². The van der Waals surface area contributed by atoms with Gasteiger partial charge in [0.1, 0.15) is 12.1 Å². The average Bonchev–Trinajstić information content (AvgIpc) is 2.53. The number of rotatable bonds is 9. The van der Waals surface area contributed by atoms with Gasteiger partial charge in [-0.3, -0.25) is 4.79 Å². The average molecular weight is 363 g/mol. The highest BCUT2D eigenvalue weighted by atomic mass is 16.4. The fourth-order valence-corrected chi connectivity index (χ4v) is 2.52. The molecule has 144 valence electrons. The zero-order valence-electron chi connectivity index (χ0n) is 15.8. The molecule has 1 rings (SSSR count). The number of carboxylic acids is 1. The first-order valence-electron chi connectivity index (χ1n) is 8.84. The lowest BCUT2D eigenvalue weighted by Crippen LogP contribution is -2.53. The Balaban J connectivity index is 2.76. The molecule has 0 aliphatic rings. The van der Waals surface area contributed by atoms with Crippen LogP contribution >= 0.6 is 0 Å². The minimum absolute atomic E-state index is 0.120. The fraction of sp³-hybridized carbons (Fsp3) is 0.526. The molecule has 0 unspecified atom stereocenters. The summed E-state index contributed by atoms with van der Waals surface area (Å²) in [6.45, 7) is 7.64. The highest BCUT2D eigenvalue weighted by Gasteiger charge is 2.27. The standard InChI is InChI=1S/C19H29N3O4/c1-12(2)10-15(17(23)21-16(18(24)25)11-13(3)4)22-19(26)20-14-8-6-5-7-9-14/h5-9,12-13,15-16H,10-11H2,1-4H3,(H,21,23)(H,24,25)(H2,20,22,26)/t15-,16-/m1/s1. The number of hydrogen-bond acceptors (Lipinski definition) is 3. The molecule has 2 atom stereocenters. The van der Waals surface area contributed by atoms with Crippen molar-refractivity contribution in [2.75, 3.05) is 5.32 Å². The van der Waals surface area contributed by atoms with Crippen molar-refractivity contribution in [1.82, 2.24) is 10.6 Å². The van der Waals surface area contributed by atoms with Gasteiger partial charge < -0.3 is 21.1 Å². The third-order valence-electron chi connectivity index (χ3n) is 3.68. The van der Waals surface area contributed by atoms with E-state index in [2.05, 4.69) is 16.0 Å². The van der Waals surface area contributed by atoms with Crippen molar-refractivity contribution in [3.8, 4) is 0 Å². The molecule has 7 nitrogen and oxygen atoms in total. The fourth-order valence-electron chi connectivity index (χ4n) is 2.52. The van der Waals surface area contributed by atoms with Gasteiger partial charge in [0.05, 0.1) is 0 Å². The second kappa shape index (κ2) is 10.4. The van der Waals surface area contributed by atoms with Crippen molar-refractivity contribution in [2.45, 2.75) is 52.6 Å². The number of para-hydroxylation sites is 1. The Kier molecular flexibility index (Phi) is 8.61. The number of anilines is 1.